The van der Waals surface area contributed by atoms with Gasteiger partial charge in [-0.2, -0.15) is 0 Å². The number of nitrogens with zero attached hydrogens (tertiary/aromatic N) is 5. The summed E-state index contributed by atoms with van der Waals surface area (Å²) >= 11 is 1.60. The number of oxazole rings is 1. The summed E-state index contributed by atoms with van der Waals surface area (Å²) < 4.78 is 11.1. The van der Waals surface area contributed by atoms with Crippen LogP contribution in [0, 0.1) is 30.1 Å². The number of amidine groups is 2. The molecule has 2 aromatic heterocycles. The van der Waals surface area contributed by atoms with Crippen LogP contribution in [-0.4, -0.2) is 71.2 Å². The van der Waals surface area contributed by atoms with E-state index in [0.717, 1.165) is 71.3 Å². The molecule has 1 aromatic carbocycles. The third kappa shape index (κ3) is 5.65. The zero-order chi connectivity index (χ0) is 31.4. The first-order chi connectivity index (χ1) is 20.8. The Morgan fingerprint density at radius 1 is 1.16 bits per heavy atom. The van der Waals surface area contributed by atoms with Crippen LogP contribution in [0.25, 0.3) is 0 Å². The van der Waals surface area contributed by atoms with Crippen LogP contribution in [-0.2, 0) is 11.2 Å². The Kier molecular flexibility index (Phi) is 7.63. The molecule has 11 heteroatoms. The molecule has 0 aliphatic carbocycles. The molecule has 3 aliphatic rings. The van der Waals surface area contributed by atoms with Gasteiger partial charge in [0.25, 0.3) is 0 Å². The van der Waals surface area contributed by atoms with Gasteiger partial charge in [-0.15, -0.1) is 11.3 Å². The molecule has 2 fully saturated rings. The summed E-state index contributed by atoms with van der Waals surface area (Å²) in [7, 11) is 0. The molecule has 2 N–H and O–H groups in total. The number of carbonyl (C=O) groups is 1. The van der Waals surface area contributed by atoms with Crippen molar-refractivity contribution >= 4 is 45.5 Å². The number of thiophene rings is 1. The zero-order valence-electron chi connectivity index (χ0n) is 26.4. The molecular formula is C33H41N7O3S. The number of hydrogen-bond acceptors (Lipinski definition) is 9. The summed E-state index contributed by atoms with van der Waals surface area (Å²) in [5.74, 6) is 1.04. The van der Waals surface area contributed by atoms with Crippen LogP contribution < -0.4 is 9.80 Å². The van der Waals surface area contributed by atoms with Crippen molar-refractivity contribution in [1.82, 2.24) is 9.88 Å². The Hall–Kier alpha value is -3.99. The molecule has 1 spiro atoms. The predicted octanol–water partition coefficient (Wildman–Crippen LogP) is 6.43. The van der Waals surface area contributed by atoms with Crippen molar-refractivity contribution in [3.8, 4) is 0 Å². The largest absolute Gasteiger partial charge is 0.449 e. The Labute approximate surface area is 262 Å². The number of hydrogen-bond donors (Lipinski definition) is 2. The Morgan fingerprint density at radius 3 is 2.43 bits per heavy atom. The van der Waals surface area contributed by atoms with E-state index >= 15 is 0 Å². The smallest absolute Gasteiger partial charge is 0.410 e. The first-order valence-electron chi connectivity index (χ1n) is 15.2. The lowest BCUT2D eigenvalue weighted by Crippen LogP contribution is -2.61. The number of anilines is 2. The number of fused-ring (bicyclic) bond motifs is 1. The maximum absolute atomic E-state index is 12.5. The number of aliphatic imine (C=N–C) groups is 1. The molecule has 3 aliphatic heterocycles. The van der Waals surface area contributed by atoms with Crippen LogP contribution in [0.5, 0.6) is 0 Å². The molecule has 0 saturated carbocycles. The summed E-state index contributed by atoms with van der Waals surface area (Å²) in [4.78, 5) is 29.1. The maximum atomic E-state index is 12.5. The third-order valence-electron chi connectivity index (χ3n) is 8.87. The van der Waals surface area contributed by atoms with Crippen molar-refractivity contribution in [2.45, 2.75) is 72.4 Å². The average Bonchev–Trinajstić information content (AvgIpc) is 3.53. The van der Waals surface area contributed by atoms with Crippen LogP contribution >= 0.6 is 11.3 Å². The lowest BCUT2D eigenvalue weighted by Gasteiger charge is -2.55. The Bertz CT molecular complexity index is 1600. The second-order valence-electron chi connectivity index (χ2n) is 13.3. The number of benzene rings is 1. The summed E-state index contributed by atoms with van der Waals surface area (Å²) in [6.45, 7) is 15.0. The average molecular weight is 616 g/mol. The van der Waals surface area contributed by atoms with Gasteiger partial charge in [0.05, 0.1) is 18.3 Å². The van der Waals surface area contributed by atoms with Gasteiger partial charge in [0.15, 0.2) is 5.89 Å². The number of carbonyl (C=O) groups excluding carboxylic acids is 1. The number of piperidine rings is 1. The first-order valence-corrected chi connectivity index (χ1v) is 16.0. The highest BCUT2D eigenvalue weighted by Gasteiger charge is 2.46. The second kappa shape index (κ2) is 11.2. The van der Waals surface area contributed by atoms with Gasteiger partial charge < -0.3 is 19.0 Å². The Morgan fingerprint density at radius 2 is 1.84 bits per heavy atom. The highest BCUT2D eigenvalue weighted by Crippen LogP contribution is 2.44. The van der Waals surface area contributed by atoms with Gasteiger partial charge in [0, 0.05) is 53.3 Å². The number of aryl methyl sites for hydroxylation is 1. The van der Waals surface area contributed by atoms with Gasteiger partial charge >= 0.3 is 6.09 Å². The minimum absolute atomic E-state index is 0.212. The summed E-state index contributed by atoms with van der Waals surface area (Å²) in [5.41, 5.74) is 4.83. The summed E-state index contributed by atoms with van der Waals surface area (Å²) in [6.07, 6.45) is 5.23. The lowest BCUT2D eigenvalue weighted by molar-refractivity contribution is 0.00598. The second-order valence-corrected chi connectivity index (χ2v) is 14.5. The molecule has 0 radical (unpaired) electrons. The van der Waals surface area contributed by atoms with E-state index in [-0.39, 0.29) is 23.2 Å². The number of likely N-dealkylation sites (tertiary alicyclic amines) is 1. The van der Waals surface area contributed by atoms with Crippen molar-refractivity contribution in [2.75, 3.05) is 36.0 Å². The number of amides is 1. The standard InChI is InChI=1S/C33H41N7O3S/c1-20-21(2)44-30-27(20)28(37-25(17-26-36-13-16-42-26)29(35)40(30)22(3)34)23-7-9-24(10-8-23)39-18-33(19-39)11-14-38(15-12-33)31(41)43-32(4,5)6/h7-10,13,16,25,34-35H,11-12,14-15,17-19H2,1-6H3. The summed E-state index contributed by atoms with van der Waals surface area (Å²) in [6, 6.07) is 8.02. The molecule has 44 heavy (non-hydrogen) atoms. The first kappa shape index (κ1) is 30.1. The fourth-order valence-electron chi connectivity index (χ4n) is 6.38. The van der Waals surface area contributed by atoms with Crippen molar-refractivity contribution in [3.63, 3.8) is 0 Å². The molecule has 232 valence electrons. The number of aromatic nitrogens is 1. The van der Waals surface area contributed by atoms with E-state index in [9.17, 15) is 4.79 Å². The summed E-state index contributed by atoms with van der Waals surface area (Å²) in [5, 5.41) is 18.5. The zero-order valence-corrected chi connectivity index (χ0v) is 27.2. The van der Waals surface area contributed by atoms with Crippen molar-refractivity contribution in [2.24, 2.45) is 10.4 Å². The highest BCUT2D eigenvalue weighted by atomic mass is 32.1. The van der Waals surface area contributed by atoms with Crippen molar-refractivity contribution < 1.29 is 13.9 Å². The number of ether oxygens (including phenoxy) is 1. The molecule has 1 amide bonds. The van der Waals surface area contributed by atoms with E-state index in [1.165, 1.54) is 12.0 Å². The van der Waals surface area contributed by atoms with E-state index in [4.69, 9.17) is 25.0 Å². The molecule has 5 heterocycles. The predicted molar refractivity (Wildman–Crippen MR) is 175 cm³/mol. The highest BCUT2D eigenvalue weighted by molar-refractivity contribution is 7.17. The quantitative estimate of drug-likeness (QED) is 0.258. The van der Waals surface area contributed by atoms with Gasteiger partial charge in [-0.1, -0.05) is 12.1 Å². The van der Waals surface area contributed by atoms with E-state index in [1.807, 2.05) is 25.7 Å². The van der Waals surface area contributed by atoms with Crippen LogP contribution in [0.2, 0.25) is 0 Å². The van der Waals surface area contributed by atoms with Gasteiger partial charge in [0.2, 0.25) is 0 Å². The normalized spacial score (nSPS) is 19.8. The van der Waals surface area contributed by atoms with Gasteiger partial charge in [-0.25, -0.2) is 9.78 Å². The van der Waals surface area contributed by atoms with Crippen molar-refractivity contribution in [1.29, 1.82) is 10.8 Å². The third-order valence-corrected chi connectivity index (χ3v) is 10.1. The minimum Gasteiger partial charge on any atom is -0.449 e. The number of nitrogens with one attached hydrogen (secondary N) is 2. The van der Waals surface area contributed by atoms with Crippen LogP contribution in [0.4, 0.5) is 15.5 Å². The SMILES string of the molecule is CC(=N)N1C(=N)C(Cc2ncco2)N=C(c2ccc(N3CC4(CCN(C(=O)OC(C)(C)C)CC4)C3)cc2)c2c1sc(C)c2C. The molecule has 3 aromatic rings. The minimum atomic E-state index is -0.551. The topological polar surface area (TPSA) is 122 Å². The van der Waals surface area contributed by atoms with Gasteiger partial charge in [0.1, 0.15) is 34.6 Å². The molecule has 1 unspecified atom stereocenters. The van der Waals surface area contributed by atoms with E-state index in [1.54, 1.807) is 29.4 Å². The monoisotopic (exact) mass is 615 g/mol. The van der Waals surface area contributed by atoms with Crippen molar-refractivity contribution in [3.05, 3.63) is 64.2 Å². The fraction of sp³-hybridized carbons (Fsp3) is 0.485. The Balaban J connectivity index is 1.22. The molecule has 10 nitrogen and oxygen atoms in total. The van der Waals surface area contributed by atoms with E-state index in [0.29, 0.717) is 12.3 Å². The van der Waals surface area contributed by atoms with Crippen LogP contribution in [0.1, 0.15) is 68.0 Å². The molecule has 6 rings (SSSR count). The van der Waals surface area contributed by atoms with E-state index in [2.05, 4.69) is 48.0 Å². The van der Waals surface area contributed by atoms with Crippen LogP contribution in [0.15, 0.2) is 46.1 Å². The number of rotatable bonds is 4. The van der Waals surface area contributed by atoms with E-state index < -0.39 is 11.6 Å². The van der Waals surface area contributed by atoms with Gasteiger partial charge in [-0.05, 0) is 72.1 Å². The fourth-order valence-corrected chi connectivity index (χ4v) is 7.60. The molecule has 1 atom stereocenters. The lowest BCUT2D eigenvalue weighted by atomic mass is 9.72. The molecule has 2 saturated heterocycles. The molecular weight excluding hydrogens is 574 g/mol. The molecule has 0 bridgehead atoms. The van der Waals surface area contributed by atoms with Crippen LogP contribution in [0.3, 0.4) is 0 Å². The van der Waals surface area contributed by atoms with Gasteiger partial charge in [-0.3, -0.25) is 20.7 Å². The maximum Gasteiger partial charge on any atom is 0.410 e.